The first-order valence-corrected chi connectivity index (χ1v) is 6.88. The molecule has 1 N–H and O–H groups in total. The van der Waals surface area contributed by atoms with Crippen LogP contribution in [0.3, 0.4) is 0 Å². The molecule has 7 heteroatoms. The van der Waals surface area contributed by atoms with Crippen molar-refractivity contribution in [3.05, 3.63) is 35.9 Å². The number of ether oxygens (including phenoxy) is 1. The van der Waals surface area contributed by atoms with Crippen LogP contribution in [0.5, 0.6) is 0 Å². The normalized spacial score (nSPS) is 10.8. The van der Waals surface area contributed by atoms with Gasteiger partial charge in [0.2, 0.25) is 5.95 Å². The van der Waals surface area contributed by atoms with Gasteiger partial charge in [-0.2, -0.15) is 5.10 Å². The molecule has 0 saturated heterocycles. The van der Waals surface area contributed by atoms with Gasteiger partial charge in [0.15, 0.2) is 0 Å². The Kier molecular flexibility index (Phi) is 5.65. The second kappa shape index (κ2) is 7.70. The van der Waals surface area contributed by atoms with Crippen molar-refractivity contribution in [2.24, 2.45) is 7.05 Å². The minimum Gasteiger partial charge on any atom is -0.383 e. The molecule has 0 atom stereocenters. The predicted molar refractivity (Wildman–Crippen MR) is 80.9 cm³/mol. The van der Waals surface area contributed by atoms with E-state index in [1.807, 2.05) is 43.8 Å². The van der Waals surface area contributed by atoms with E-state index >= 15 is 0 Å². The van der Waals surface area contributed by atoms with Crippen molar-refractivity contribution in [2.45, 2.75) is 13.1 Å². The van der Waals surface area contributed by atoms with Gasteiger partial charge in [0.05, 0.1) is 12.8 Å². The summed E-state index contributed by atoms with van der Waals surface area (Å²) in [5.41, 5.74) is 2.19. The van der Waals surface area contributed by atoms with Crippen molar-refractivity contribution >= 4 is 5.95 Å². The summed E-state index contributed by atoms with van der Waals surface area (Å²) in [7, 11) is 5.57. The lowest BCUT2D eigenvalue weighted by Crippen LogP contribution is -2.20. The molecule has 0 spiro atoms. The Morgan fingerprint density at radius 1 is 1.24 bits per heavy atom. The quantitative estimate of drug-likeness (QED) is 0.717. The SMILES string of the molecule is COCCNCc1cnc(N(C)Cc2cnn(C)c2)nc1. The minimum atomic E-state index is 0.701. The number of aryl methyl sites for hydroxylation is 1. The van der Waals surface area contributed by atoms with E-state index in [-0.39, 0.29) is 0 Å². The molecular formula is C14H22N6O. The Labute approximate surface area is 125 Å². The van der Waals surface area contributed by atoms with E-state index in [0.29, 0.717) is 12.6 Å². The molecule has 2 aromatic heterocycles. The lowest BCUT2D eigenvalue weighted by atomic mass is 10.3. The molecule has 2 aromatic rings. The molecule has 0 amide bonds. The third-order valence-electron chi connectivity index (χ3n) is 3.02. The van der Waals surface area contributed by atoms with Crippen molar-refractivity contribution in [1.29, 1.82) is 0 Å². The van der Waals surface area contributed by atoms with Crippen molar-refractivity contribution in [3.63, 3.8) is 0 Å². The second-order valence-electron chi connectivity index (χ2n) is 4.94. The third kappa shape index (κ3) is 4.80. The maximum atomic E-state index is 4.98. The Balaban J connectivity index is 1.86. The summed E-state index contributed by atoms with van der Waals surface area (Å²) in [6.45, 7) is 3.00. The zero-order chi connectivity index (χ0) is 15.1. The van der Waals surface area contributed by atoms with Gasteiger partial charge in [0.1, 0.15) is 0 Å². The molecule has 2 heterocycles. The van der Waals surface area contributed by atoms with Crippen LogP contribution in [0.15, 0.2) is 24.8 Å². The monoisotopic (exact) mass is 290 g/mol. The number of nitrogens with zero attached hydrogens (tertiary/aromatic N) is 5. The molecule has 21 heavy (non-hydrogen) atoms. The minimum absolute atomic E-state index is 0.701. The topological polar surface area (TPSA) is 68.1 Å². The Morgan fingerprint density at radius 2 is 2.00 bits per heavy atom. The van der Waals surface area contributed by atoms with E-state index in [1.54, 1.807) is 11.8 Å². The molecule has 0 fully saturated rings. The average Bonchev–Trinajstić information content (AvgIpc) is 2.89. The highest BCUT2D eigenvalue weighted by molar-refractivity contribution is 5.30. The number of aromatic nitrogens is 4. The molecule has 7 nitrogen and oxygen atoms in total. The van der Waals surface area contributed by atoms with Crippen LogP contribution >= 0.6 is 0 Å². The Bertz CT molecular complexity index is 539. The number of nitrogens with one attached hydrogen (secondary N) is 1. The van der Waals surface area contributed by atoms with Crippen LogP contribution in [-0.4, -0.2) is 47.1 Å². The fourth-order valence-corrected chi connectivity index (χ4v) is 1.94. The molecule has 0 aliphatic carbocycles. The summed E-state index contributed by atoms with van der Waals surface area (Å²) in [6, 6.07) is 0. The van der Waals surface area contributed by atoms with Crippen molar-refractivity contribution in [2.75, 3.05) is 32.2 Å². The predicted octanol–water partition coefficient (Wildman–Crippen LogP) is 0.582. The maximum absolute atomic E-state index is 4.98. The summed E-state index contributed by atoms with van der Waals surface area (Å²) in [5.74, 6) is 0.708. The lowest BCUT2D eigenvalue weighted by molar-refractivity contribution is 0.199. The largest absolute Gasteiger partial charge is 0.383 e. The van der Waals surface area contributed by atoms with Gasteiger partial charge in [-0.1, -0.05) is 0 Å². The molecular weight excluding hydrogens is 268 g/mol. The van der Waals surface area contributed by atoms with Crippen molar-refractivity contribution in [1.82, 2.24) is 25.1 Å². The van der Waals surface area contributed by atoms with Crippen molar-refractivity contribution < 1.29 is 4.74 Å². The third-order valence-corrected chi connectivity index (χ3v) is 3.02. The second-order valence-corrected chi connectivity index (χ2v) is 4.94. The highest BCUT2D eigenvalue weighted by atomic mass is 16.5. The van der Waals surface area contributed by atoms with E-state index in [2.05, 4.69) is 20.4 Å². The first-order valence-electron chi connectivity index (χ1n) is 6.88. The first kappa shape index (κ1) is 15.4. The smallest absolute Gasteiger partial charge is 0.225 e. The fourth-order valence-electron chi connectivity index (χ4n) is 1.94. The average molecular weight is 290 g/mol. The molecule has 0 aliphatic rings. The number of rotatable bonds is 8. The van der Waals surface area contributed by atoms with E-state index in [0.717, 1.165) is 30.8 Å². The highest BCUT2D eigenvalue weighted by Crippen LogP contribution is 2.09. The van der Waals surface area contributed by atoms with Gasteiger partial charge in [-0.3, -0.25) is 4.68 Å². The molecule has 0 aliphatic heterocycles. The summed E-state index contributed by atoms with van der Waals surface area (Å²) in [4.78, 5) is 10.8. The summed E-state index contributed by atoms with van der Waals surface area (Å²) in [6.07, 6.45) is 7.54. The fraction of sp³-hybridized carbons (Fsp3) is 0.500. The van der Waals surface area contributed by atoms with Crippen LogP contribution in [0.25, 0.3) is 0 Å². The van der Waals surface area contributed by atoms with E-state index < -0.39 is 0 Å². The molecule has 0 aromatic carbocycles. The number of anilines is 1. The van der Waals surface area contributed by atoms with Crippen LogP contribution in [0.4, 0.5) is 5.95 Å². The molecule has 0 bridgehead atoms. The van der Waals surface area contributed by atoms with E-state index in [1.165, 1.54) is 0 Å². The van der Waals surface area contributed by atoms with Crippen LogP contribution in [0, 0.1) is 0 Å². The standard InChI is InChI=1S/C14H22N6O/c1-19(10-13-9-18-20(2)11-13)14-16-7-12(8-17-14)6-15-4-5-21-3/h7-9,11,15H,4-6,10H2,1-3H3. The van der Waals surface area contributed by atoms with Crippen molar-refractivity contribution in [3.8, 4) is 0 Å². The van der Waals surface area contributed by atoms with Gasteiger partial charge < -0.3 is 15.0 Å². The highest BCUT2D eigenvalue weighted by Gasteiger charge is 2.06. The van der Waals surface area contributed by atoms with Gasteiger partial charge in [-0.15, -0.1) is 0 Å². The van der Waals surface area contributed by atoms with Crippen LogP contribution in [0.2, 0.25) is 0 Å². The Hall–Kier alpha value is -1.99. The summed E-state index contributed by atoms with van der Waals surface area (Å²) >= 11 is 0. The molecule has 0 unspecified atom stereocenters. The molecule has 0 radical (unpaired) electrons. The summed E-state index contributed by atoms with van der Waals surface area (Å²) < 4.78 is 6.77. The van der Waals surface area contributed by atoms with E-state index in [9.17, 15) is 0 Å². The summed E-state index contributed by atoms with van der Waals surface area (Å²) in [5, 5.41) is 7.42. The van der Waals surface area contributed by atoms with Gasteiger partial charge in [0.25, 0.3) is 0 Å². The lowest BCUT2D eigenvalue weighted by Gasteiger charge is -2.16. The zero-order valence-electron chi connectivity index (χ0n) is 12.8. The zero-order valence-corrected chi connectivity index (χ0v) is 12.8. The van der Waals surface area contributed by atoms with Crippen LogP contribution < -0.4 is 10.2 Å². The van der Waals surface area contributed by atoms with Crippen LogP contribution in [-0.2, 0) is 24.9 Å². The van der Waals surface area contributed by atoms with Gasteiger partial charge in [0, 0.05) is 70.6 Å². The molecule has 0 saturated carbocycles. The molecule has 2 rings (SSSR count). The van der Waals surface area contributed by atoms with Crippen LogP contribution in [0.1, 0.15) is 11.1 Å². The Morgan fingerprint density at radius 3 is 2.62 bits per heavy atom. The van der Waals surface area contributed by atoms with E-state index in [4.69, 9.17) is 4.74 Å². The number of methoxy groups -OCH3 is 1. The number of hydrogen-bond donors (Lipinski definition) is 1. The van der Waals surface area contributed by atoms with Gasteiger partial charge in [-0.25, -0.2) is 9.97 Å². The molecule has 114 valence electrons. The first-order chi connectivity index (χ1) is 10.2. The number of hydrogen-bond acceptors (Lipinski definition) is 6. The van der Waals surface area contributed by atoms with Gasteiger partial charge in [-0.05, 0) is 0 Å². The van der Waals surface area contributed by atoms with Gasteiger partial charge >= 0.3 is 0 Å². The maximum Gasteiger partial charge on any atom is 0.225 e.